The maximum absolute atomic E-state index is 13.2. The van der Waals surface area contributed by atoms with Crippen LogP contribution >= 0.6 is 0 Å². The number of halogens is 1. The summed E-state index contributed by atoms with van der Waals surface area (Å²) in [5.74, 6) is -0.586. The number of nitrogens with one attached hydrogen (secondary N) is 1. The lowest BCUT2D eigenvalue weighted by Crippen LogP contribution is -2.61. The van der Waals surface area contributed by atoms with Gasteiger partial charge in [-0.1, -0.05) is 25.5 Å². The van der Waals surface area contributed by atoms with E-state index in [1.165, 1.54) is 17.0 Å². The minimum atomic E-state index is -0.529. The SMILES string of the molecule is CCCC1NC(=O)C(C)N(Cc2cccc(F)c2)C1=O. The second-order valence-corrected chi connectivity index (χ2v) is 5.12. The Labute approximate surface area is 118 Å². The van der Waals surface area contributed by atoms with Gasteiger partial charge >= 0.3 is 0 Å². The highest BCUT2D eigenvalue weighted by Gasteiger charge is 2.37. The van der Waals surface area contributed by atoms with E-state index in [4.69, 9.17) is 0 Å². The lowest BCUT2D eigenvalue weighted by Gasteiger charge is -2.37. The summed E-state index contributed by atoms with van der Waals surface area (Å²) in [6.45, 7) is 3.91. The molecule has 1 heterocycles. The maximum atomic E-state index is 13.2. The van der Waals surface area contributed by atoms with Crippen LogP contribution in [0.15, 0.2) is 24.3 Å². The zero-order chi connectivity index (χ0) is 14.7. The van der Waals surface area contributed by atoms with Gasteiger partial charge in [0.05, 0.1) is 0 Å². The minimum Gasteiger partial charge on any atom is -0.343 e. The molecule has 0 aromatic heterocycles. The van der Waals surface area contributed by atoms with Crippen LogP contribution in [0.5, 0.6) is 0 Å². The molecule has 108 valence electrons. The van der Waals surface area contributed by atoms with Crippen molar-refractivity contribution in [2.75, 3.05) is 0 Å². The molecule has 1 N–H and O–H groups in total. The van der Waals surface area contributed by atoms with E-state index in [0.29, 0.717) is 12.0 Å². The third-order valence-electron chi connectivity index (χ3n) is 3.56. The first kappa shape index (κ1) is 14.5. The summed E-state index contributed by atoms with van der Waals surface area (Å²) in [5.41, 5.74) is 0.690. The molecule has 20 heavy (non-hydrogen) atoms. The smallest absolute Gasteiger partial charge is 0.246 e. The molecule has 2 rings (SSSR count). The van der Waals surface area contributed by atoms with Crippen LogP contribution < -0.4 is 5.32 Å². The van der Waals surface area contributed by atoms with Crippen LogP contribution in [0.2, 0.25) is 0 Å². The summed E-state index contributed by atoms with van der Waals surface area (Å²) in [5, 5.41) is 2.74. The molecule has 1 saturated heterocycles. The Hall–Kier alpha value is -1.91. The number of hydrogen-bond acceptors (Lipinski definition) is 2. The molecule has 1 aliphatic heterocycles. The first-order valence-corrected chi connectivity index (χ1v) is 6.88. The number of nitrogens with zero attached hydrogens (tertiary/aromatic N) is 1. The minimum absolute atomic E-state index is 0.0942. The highest BCUT2D eigenvalue weighted by atomic mass is 19.1. The van der Waals surface area contributed by atoms with Crippen molar-refractivity contribution in [1.82, 2.24) is 10.2 Å². The Balaban J connectivity index is 2.18. The quantitative estimate of drug-likeness (QED) is 0.913. The number of carbonyl (C=O) groups excluding carboxylic acids is 2. The average Bonchev–Trinajstić information content (AvgIpc) is 2.41. The van der Waals surface area contributed by atoms with Gasteiger partial charge < -0.3 is 10.2 Å². The van der Waals surface area contributed by atoms with E-state index >= 15 is 0 Å². The first-order chi connectivity index (χ1) is 9.52. The molecular formula is C15H19FN2O2. The van der Waals surface area contributed by atoms with Crippen molar-refractivity contribution in [2.45, 2.75) is 45.3 Å². The van der Waals surface area contributed by atoms with Gasteiger partial charge in [-0.15, -0.1) is 0 Å². The molecule has 4 nitrogen and oxygen atoms in total. The topological polar surface area (TPSA) is 49.4 Å². The van der Waals surface area contributed by atoms with Crippen LogP contribution in [0.4, 0.5) is 4.39 Å². The second-order valence-electron chi connectivity index (χ2n) is 5.12. The van der Waals surface area contributed by atoms with Crippen LogP contribution in [0.3, 0.4) is 0 Å². The lowest BCUT2D eigenvalue weighted by atomic mass is 10.0. The van der Waals surface area contributed by atoms with E-state index in [1.54, 1.807) is 19.1 Å². The Kier molecular flexibility index (Phi) is 4.37. The van der Waals surface area contributed by atoms with Crippen LogP contribution in [-0.2, 0) is 16.1 Å². The van der Waals surface area contributed by atoms with Gasteiger partial charge in [-0.2, -0.15) is 0 Å². The van der Waals surface area contributed by atoms with E-state index in [1.807, 2.05) is 6.92 Å². The summed E-state index contributed by atoms with van der Waals surface area (Å²) in [6, 6.07) is 5.12. The zero-order valence-corrected chi connectivity index (χ0v) is 11.7. The van der Waals surface area contributed by atoms with E-state index in [2.05, 4.69) is 5.32 Å². The number of carbonyl (C=O) groups is 2. The van der Waals surface area contributed by atoms with Crippen molar-refractivity contribution in [1.29, 1.82) is 0 Å². The number of amides is 2. The Bertz CT molecular complexity index is 518. The molecule has 1 aromatic carbocycles. The van der Waals surface area contributed by atoms with Crippen molar-refractivity contribution < 1.29 is 14.0 Å². The van der Waals surface area contributed by atoms with Gasteiger partial charge in [-0.25, -0.2) is 4.39 Å². The largest absolute Gasteiger partial charge is 0.343 e. The van der Waals surface area contributed by atoms with E-state index < -0.39 is 12.1 Å². The molecule has 1 aromatic rings. The third kappa shape index (κ3) is 2.98. The molecule has 2 unspecified atom stereocenters. The standard InChI is InChI=1S/C15H19FN2O2/c1-3-5-13-15(20)18(10(2)14(19)17-13)9-11-6-4-7-12(16)8-11/h4,6-8,10,13H,3,5,9H2,1-2H3,(H,17,19). The highest BCUT2D eigenvalue weighted by molar-refractivity contribution is 5.96. The lowest BCUT2D eigenvalue weighted by molar-refractivity contribution is -0.149. The predicted molar refractivity (Wildman–Crippen MR) is 73.3 cm³/mol. The van der Waals surface area contributed by atoms with Crippen LogP contribution in [0.25, 0.3) is 0 Å². The summed E-state index contributed by atoms with van der Waals surface area (Å²) in [7, 11) is 0. The third-order valence-corrected chi connectivity index (χ3v) is 3.56. The van der Waals surface area contributed by atoms with Gasteiger partial charge in [0.15, 0.2) is 0 Å². The summed E-state index contributed by atoms with van der Waals surface area (Å²) in [4.78, 5) is 25.8. The second kappa shape index (κ2) is 6.03. The molecule has 0 aliphatic carbocycles. The molecular weight excluding hydrogens is 259 g/mol. The normalized spacial score (nSPS) is 22.9. The van der Waals surface area contributed by atoms with Gasteiger partial charge in [0, 0.05) is 6.54 Å². The van der Waals surface area contributed by atoms with E-state index in [9.17, 15) is 14.0 Å². The van der Waals surface area contributed by atoms with Crippen molar-refractivity contribution in [3.8, 4) is 0 Å². The van der Waals surface area contributed by atoms with Gasteiger partial charge in [-0.3, -0.25) is 9.59 Å². The summed E-state index contributed by atoms with van der Waals surface area (Å²) in [6.07, 6.45) is 1.44. The molecule has 1 aliphatic rings. The van der Waals surface area contributed by atoms with Crippen LogP contribution in [0, 0.1) is 5.82 Å². The van der Waals surface area contributed by atoms with Gasteiger partial charge in [0.2, 0.25) is 11.8 Å². The number of hydrogen-bond donors (Lipinski definition) is 1. The fourth-order valence-electron chi connectivity index (χ4n) is 2.42. The van der Waals surface area contributed by atoms with Crippen LogP contribution in [0.1, 0.15) is 32.3 Å². The van der Waals surface area contributed by atoms with Crippen molar-refractivity contribution >= 4 is 11.8 Å². The number of rotatable bonds is 4. The van der Waals surface area contributed by atoms with Crippen molar-refractivity contribution in [3.05, 3.63) is 35.6 Å². The molecule has 2 amide bonds. The molecule has 1 fully saturated rings. The average molecular weight is 278 g/mol. The fourth-order valence-corrected chi connectivity index (χ4v) is 2.42. The summed E-state index contributed by atoms with van der Waals surface area (Å²) < 4.78 is 13.2. The van der Waals surface area contributed by atoms with E-state index in [-0.39, 0.29) is 24.2 Å². The molecule has 0 saturated carbocycles. The predicted octanol–water partition coefficient (Wildman–Crippen LogP) is 1.84. The van der Waals surface area contributed by atoms with Gasteiger partial charge in [0.1, 0.15) is 17.9 Å². The number of benzene rings is 1. The molecule has 2 atom stereocenters. The Morgan fingerprint density at radius 2 is 2.10 bits per heavy atom. The maximum Gasteiger partial charge on any atom is 0.246 e. The summed E-state index contributed by atoms with van der Waals surface area (Å²) >= 11 is 0. The monoisotopic (exact) mass is 278 g/mol. The Morgan fingerprint density at radius 1 is 1.35 bits per heavy atom. The fraction of sp³-hybridized carbons (Fsp3) is 0.467. The molecule has 0 spiro atoms. The van der Waals surface area contributed by atoms with Gasteiger partial charge in [0.25, 0.3) is 0 Å². The highest BCUT2D eigenvalue weighted by Crippen LogP contribution is 2.17. The van der Waals surface area contributed by atoms with Gasteiger partial charge in [-0.05, 0) is 31.0 Å². The number of piperazine rings is 1. The molecule has 0 bridgehead atoms. The zero-order valence-electron chi connectivity index (χ0n) is 11.7. The van der Waals surface area contributed by atoms with Crippen LogP contribution in [-0.4, -0.2) is 28.8 Å². The van der Waals surface area contributed by atoms with Crippen molar-refractivity contribution in [3.63, 3.8) is 0 Å². The molecule has 0 radical (unpaired) electrons. The Morgan fingerprint density at radius 3 is 2.75 bits per heavy atom. The molecule has 5 heteroatoms. The first-order valence-electron chi connectivity index (χ1n) is 6.88. The van der Waals surface area contributed by atoms with E-state index in [0.717, 1.165) is 6.42 Å². The van der Waals surface area contributed by atoms with Crippen molar-refractivity contribution in [2.24, 2.45) is 0 Å².